The van der Waals surface area contributed by atoms with Gasteiger partial charge in [0, 0.05) is 44.2 Å². The van der Waals surface area contributed by atoms with Crippen molar-refractivity contribution in [1.29, 1.82) is 0 Å². The van der Waals surface area contributed by atoms with Crippen LogP contribution in [0, 0.1) is 5.92 Å². The van der Waals surface area contributed by atoms with E-state index in [1.54, 1.807) is 7.11 Å². The second kappa shape index (κ2) is 12.2. The summed E-state index contributed by atoms with van der Waals surface area (Å²) in [6.45, 7) is 8.83. The standard InChI is InChI=1S/C26H35ClN2O3/c1-20(2)10-11-26(30)29-14-12-28(13-15-29)18-25(22-7-5-9-24(17-22)31-3)32-19-21-6-4-8-23(27)16-21/h4-9,16-17,20,25H,10-15,18-19H2,1-3H3/t25-/m1/s1. The Morgan fingerprint density at radius 3 is 2.50 bits per heavy atom. The van der Waals surface area contributed by atoms with Crippen LogP contribution in [-0.4, -0.2) is 55.5 Å². The molecule has 0 bridgehead atoms. The van der Waals surface area contributed by atoms with Crippen LogP contribution >= 0.6 is 11.6 Å². The highest BCUT2D eigenvalue weighted by Gasteiger charge is 2.24. The lowest BCUT2D eigenvalue weighted by Crippen LogP contribution is -2.49. The van der Waals surface area contributed by atoms with Gasteiger partial charge in [0.05, 0.1) is 19.8 Å². The van der Waals surface area contributed by atoms with E-state index in [-0.39, 0.29) is 12.0 Å². The lowest BCUT2D eigenvalue weighted by molar-refractivity contribution is -0.133. The van der Waals surface area contributed by atoms with Gasteiger partial charge in [0.2, 0.25) is 5.91 Å². The smallest absolute Gasteiger partial charge is 0.222 e. The highest BCUT2D eigenvalue weighted by Crippen LogP contribution is 2.25. The number of ether oxygens (including phenoxy) is 2. The van der Waals surface area contributed by atoms with Gasteiger partial charge in [-0.15, -0.1) is 0 Å². The van der Waals surface area contributed by atoms with Crippen LogP contribution in [0.2, 0.25) is 5.02 Å². The zero-order valence-electron chi connectivity index (χ0n) is 19.4. The Hall–Kier alpha value is -2.08. The quantitative estimate of drug-likeness (QED) is 0.491. The SMILES string of the molecule is COc1cccc([C@@H](CN2CCN(C(=O)CCC(C)C)CC2)OCc2cccc(Cl)c2)c1. The molecule has 3 rings (SSSR count). The molecule has 5 nitrogen and oxygen atoms in total. The molecule has 0 N–H and O–H groups in total. The van der Waals surface area contributed by atoms with Gasteiger partial charge in [0.15, 0.2) is 0 Å². The van der Waals surface area contributed by atoms with Crippen LogP contribution in [0.15, 0.2) is 48.5 Å². The molecule has 6 heteroatoms. The number of hydrogen-bond donors (Lipinski definition) is 0. The first-order valence-electron chi connectivity index (χ1n) is 11.4. The zero-order valence-corrected chi connectivity index (χ0v) is 20.2. The molecule has 1 aliphatic heterocycles. The van der Waals surface area contributed by atoms with Crippen molar-refractivity contribution >= 4 is 17.5 Å². The molecule has 2 aromatic carbocycles. The second-order valence-electron chi connectivity index (χ2n) is 8.82. The van der Waals surface area contributed by atoms with Crippen LogP contribution in [0.4, 0.5) is 0 Å². The average molecular weight is 459 g/mol. The van der Waals surface area contributed by atoms with Gasteiger partial charge in [0.1, 0.15) is 5.75 Å². The summed E-state index contributed by atoms with van der Waals surface area (Å²) in [5.41, 5.74) is 2.13. The van der Waals surface area contributed by atoms with E-state index in [4.69, 9.17) is 21.1 Å². The molecule has 1 atom stereocenters. The first-order valence-corrected chi connectivity index (χ1v) is 11.8. The van der Waals surface area contributed by atoms with Gasteiger partial charge in [-0.3, -0.25) is 9.69 Å². The van der Waals surface area contributed by atoms with Crippen molar-refractivity contribution in [3.63, 3.8) is 0 Å². The Kier molecular flexibility index (Phi) is 9.39. The molecular formula is C26H35ClN2O3. The summed E-state index contributed by atoms with van der Waals surface area (Å²) in [7, 11) is 1.68. The highest BCUT2D eigenvalue weighted by molar-refractivity contribution is 6.30. The van der Waals surface area contributed by atoms with E-state index >= 15 is 0 Å². The highest BCUT2D eigenvalue weighted by atomic mass is 35.5. The van der Waals surface area contributed by atoms with Crippen LogP contribution in [-0.2, 0) is 16.1 Å². The Labute approximate surface area is 197 Å². The molecule has 1 fully saturated rings. The maximum absolute atomic E-state index is 12.5. The summed E-state index contributed by atoms with van der Waals surface area (Å²) >= 11 is 6.14. The molecule has 32 heavy (non-hydrogen) atoms. The maximum Gasteiger partial charge on any atom is 0.222 e. The molecular weight excluding hydrogens is 424 g/mol. The van der Waals surface area contributed by atoms with Crippen LogP contribution in [0.3, 0.4) is 0 Å². The Bertz CT molecular complexity index is 866. The summed E-state index contributed by atoms with van der Waals surface area (Å²) < 4.78 is 11.8. The van der Waals surface area contributed by atoms with Gasteiger partial charge < -0.3 is 14.4 Å². The molecule has 0 saturated carbocycles. The first kappa shape index (κ1) is 24.6. The Morgan fingerprint density at radius 1 is 1.06 bits per heavy atom. The molecule has 1 saturated heterocycles. The number of halogens is 1. The fraction of sp³-hybridized carbons (Fsp3) is 0.500. The third-order valence-corrected chi connectivity index (χ3v) is 6.13. The molecule has 2 aromatic rings. The minimum atomic E-state index is -0.104. The molecule has 1 amide bonds. The summed E-state index contributed by atoms with van der Waals surface area (Å²) in [6, 6.07) is 15.8. The van der Waals surface area contributed by atoms with Crippen molar-refractivity contribution in [3.05, 3.63) is 64.7 Å². The van der Waals surface area contributed by atoms with E-state index < -0.39 is 0 Å². The van der Waals surface area contributed by atoms with Crippen LogP contribution in [0.5, 0.6) is 5.75 Å². The van der Waals surface area contributed by atoms with Gasteiger partial charge in [-0.2, -0.15) is 0 Å². The number of carbonyl (C=O) groups is 1. The van der Waals surface area contributed by atoms with Gasteiger partial charge in [-0.05, 0) is 47.7 Å². The fourth-order valence-electron chi connectivity index (χ4n) is 3.90. The van der Waals surface area contributed by atoms with Gasteiger partial charge >= 0.3 is 0 Å². The fourth-order valence-corrected chi connectivity index (χ4v) is 4.12. The minimum Gasteiger partial charge on any atom is -0.497 e. The van der Waals surface area contributed by atoms with E-state index in [9.17, 15) is 4.79 Å². The Morgan fingerprint density at radius 2 is 1.81 bits per heavy atom. The van der Waals surface area contributed by atoms with Crippen LogP contribution in [0.1, 0.15) is 43.9 Å². The van der Waals surface area contributed by atoms with Crippen molar-refractivity contribution in [2.75, 3.05) is 39.8 Å². The van der Waals surface area contributed by atoms with Crippen molar-refractivity contribution in [3.8, 4) is 5.75 Å². The van der Waals surface area contributed by atoms with Gasteiger partial charge in [-0.25, -0.2) is 0 Å². The third-order valence-electron chi connectivity index (χ3n) is 5.89. The first-order chi connectivity index (χ1) is 15.4. The van der Waals surface area contributed by atoms with Crippen molar-refractivity contribution in [1.82, 2.24) is 9.80 Å². The number of nitrogens with zero attached hydrogens (tertiary/aromatic N) is 2. The van der Waals surface area contributed by atoms with Crippen LogP contribution in [0.25, 0.3) is 0 Å². The van der Waals surface area contributed by atoms with Crippen LogP contribution < -0.4 is 4.74 Å². The largest absolute Gasteiger partial charge is 0.497 e. The molecule has 0 unspecified atom stereocenters. The van der Waals surface area contributed by atoms with Crippen molar-refractivity contribution < 1.29 is 14.3 Å². The van der Waals surface area contributed by atoms with Crippen molar-refractivity contribution in [2.24, 2.45) is 5.92 Å². The predicted molar refractivity (Wildman–Crippen MR) is 129 cm³/mol. The Balaban J connectivity index is 1.62. The maximum atomic E-state index is 12.5. The third kappa shape index (κ3) is 7.51. The molecule has 0 spiro atoms. The average Bonchev–Trinajstić information content (AvgIpc) is 2.80. The number of benzene rings is 2. The molecule has 0 aliphatic carbocycles. The number of amides is 1. The number of methoxy groups -OCH3 is 1. The van der Waals surface area contributed by atoms with Crippen molar-refractivity contribution in [2.45, 2.75) is 39.4 Å². The number of piperazine rings is 1. The van der Waals surface area contributed by atoms with E-state index in [1.165, 1.54) is 0 Å². The van der Waals surface area contributed by atoms with Gasteiger partial charge in [-0.1, -0.05) is 49.7 Å². The summed E-state index contributed by atoms with van der Waals surface area (Å²) in [6.07, 6.45) is 1.49. The zero-order chi connectivity index (χ0) is 22.9. The monoisotopic (exact) mass is 458 g/mol. The van der Waals surface area contributed by atoms with E-state index in [1.807, 2.05) is 47.4 Å². The molecule has 0 radical (unpaired) electrons. The lowest BCUT2D eigenvalue weighted by Gasteiger charge is -2.36. The second-order valence-corrected chi connectivity index (χ2v) is 9.26. The summed E-state index contributed by atoms with van der Waals surface area (Å²) in [5.74, 6) is 1.65. The van der Waals surface area contributed by atoms with E-state index in [0.717, 1.165) is 56.0 Å². The molecule has 0 aromatic heterocycles. The molecule has 174 valence electrons. The number of carbonyl (C=O) groups excluding carboxylic acids is 1. The van der Waals surface area contributed by atoms with E-state index in [2.05, 4.69) is 24.8 Å². The molecule has 1 heterocycles. The van der Waals surface area contributed by atoms with E-state index in [0.29, 0.717) is 24.0 Å². The number of rotatable bonds is 10. The van der Waals surface area contributed by atoms with Gasteiger partial charge in [0.25, 0.3) is 0 Å². The normalized spacial score (nSPS) is 15.7. The lowest BCUT2D eigenvalue weighted by atomic mass is 10.1. The molecule has 1 aliphatic rings. The summed E-state index contributed by atoms with van der Waals surface area (Å²) in [5, 5.41) is 0.710. The summed E-state index contributed by atoms with van der Waals surface area (Å²) in [4.78, 5) is 16.9. The predicted octanol–water partition coefficient (Wildman–Crippen LogP) is 5.19. The minimum absolute atomic E-state index is 0.104. The number of hydrogen-bond acceptors (Lipinski definition) is 4. The topological polar surface area (TPSA) is 42.0 Å².